The van der Waals surface area contributed by atoms with Crippen molar-refractivity contribution in [2.45, 2.75) is 32.0 Å². The number of halogens is 2. The minimum atomic E-state index is -1.20. The number of carboxylic acid groups (broad SMARTS) is 1. The van der Waals surface area contributed by atoms with Crippen LogP contribution in [-0.4, -0.2) is 53.0 Å². The number of urea groups is 1. The summed E-state index contributed by atoms with van der Waals surface area (Å²) in [5.41, 5.74) is 12.0. The molecule has 0 aromatic heterocycles. The van der Waals surface area contributed by atoms with Crippen molar-refractivity contribution in [1.82, 2.24) is 15.5 Å². The van der Waals surface area contributed by atoms with E-state index in [1.807, 2.05) is 30.3 Å². The van der Waals surface area contributed by atoms with Gasteiger partial charge in [-0.2, -0.15) is 0 Å². The lowest BCUT2D eigenvalue weighted by atomic mass is 10.1. The van der Waals surface area contributed by atoms with Gasteiger partial charge in [0.25, 0.3) is 0 Å². The molecule has 0 aliphatic heterocycles. The minimum absolute atomic E-state index is 0.0244. The fraction of sp³-hybridized carbons (Fsp3) is 0.304. The molecule has 7 N–H and O–H groups in total. The van der Waals surface area contributed by atoms with E-state index in [1.54, 1.807) is 18.2 Å². The lowest BCUT2D eigenvalue weighted by Gasteiger charge is -2.24. The summed E-state index contributed by atoms with van der Waals surface area (Å²) < 4.78 is 0. The Morgan fingerprint density at radius 3 is 2.29 bits per heavy atom. The summed E-state index contributed by atoms with van der Waals surface area (Å²) in [5, 5.41) is 15.4. The monoisotopic (exact) mass is 522 g/mol. The summed E-state index contributed by atoms with van der Waals surface area (Å²) in [4.78, 5) is 42.3. The molecular formula is C23H28Cl2N6O4. The molecule has 188 valence electrons. The zero-order valence-electron chi connectivity index (χ0n) is 18.9. The molecule has 2 aromatic carbocycles. The number of carboxylic acids is 1. The molecule has 1 unspecified atom stereocenters. The Morgan fingerprint density at radius 2 is 1.69 bits per heavy atom. The zero-order valence-corrected chi connectivity index (χ0v) is 20.4. The quantitative estimate of drug-likeness (QED) is 0.163. The third kappa shape index (κ3) is 10.5. The molecule has 3 amide bonds. The van der Waals surface area contributed by atoms with Crippen molar-refractivity contribution < 1.29 is 19.5 Å². The van der Waals surface area contributed by atoms with Gasteiger partial charge in [0.2, 0.25) is 5.91 Å². The van der Waals surface area contributed by atoms with Gasteiger partial charge in [0, 0.05) is 29.7 Å². The van der Waals surface area contributed by atoms with Crippen LogP contribution in [0.15, 0.2) is 53.5 Å². The number of carbonyl (C=O) groups is 3. The Kier molecular flexibility index (Phi) is 11.1. The number of aliphatic imine (C=N–C) groups is 1. The molecule has 0 saturated carbocycles. The minimum Gasteiger partial charge on any atom is -0.480 e. The van der Waals surface area contributed by atoms with E-state index in [0.29, 0.717) is 22.0 Å². The average Bonchev–Trinajstić information content (AvgIpc) is 2.78. The van der Waals surface area contributed by atoms with Gasteiger partial charge in [-0.25, -0.2) is 9.59 Å². The van der Waals surface area contributed by atoms with Gasteiger partial charge in [0.05, 0.1) is 0 Å². The van der Waals surface area contributed by atoms with Gasteiger partial charge in [-0.1, -0.05) is 53.5 Å². The first kappa shape index (κ1) is 27.7. The zero-order chi connectivity index (χ0) is 25.8. The molecule has 0 radical (unpaired) electrons. The van der Waals surface area contributed by atoms with E-state index < -0.39 is 23.9 Å². The highest BCUT2D eigenvalue weighted by molar-refractivity contribution is 6.34. The van der Waals surface area contributed by atoms with Crippen molar-refractivity contribution in [3.05, 3.63) is 69.7 Å². The second kappa shape index (κ2) is 14.0. The van der Waals surface area contributed by atoms with Crippen molar-refractivity contribution in [2.24, 2.45) is 16.5 Å². The lowest BCUT2D eigenvalue weighted by molar-refractivity contribution is -0.142. The predicted molar refractivity (Wildman–Crippen MR) is 135 cm³/mol. The SMILES string of the molecule is NC(N)=NCCCC(NC(=O)CN(Cc1cc(Cl)cc(Cl)c1)C(=O)NCc1ccccc1)C(=O)O. The highest BCUT2D eigenvalue weighted by Crippen LogP contribution is 2.20. The molecule has 12 heteroatoms. The summed E-state index contributed by atoms with van der Waals surface area (Å²) >= 11 is 12.1. The largest absolute Gasteiger partial charge is 0.480 e. The average molecular weight is 523 g/mol. The van der Waals surface area contributed by atoms with E-state index in [-0.39, 0.29) is 38.6 Å². The van der Waals surface area contributed by atoms with E-state index >= 15 is 0 Å². The molecule has 35 heavy (non-hydrogen) atoms. The maximum atomic E-state index is 12.9. The van der Waals surface area contributed by atoms with Gasteiger partial charge in [-0.05, 0) is 42.2 Å². The van der Waals surface area contributed by atoms with Gasteiger partial charge in [-0.3, -0.25) is 9.79 Å². The van der Waals surface area contributed by atoms with E-state index in [2.05, 4.69) is 15.6 Å². The molecule has 0 heterocycles. The third-order valence-corrected chi connectivity index (χ3v) is 5.22. The molecular weight excluding hydrogens is 495 g/mol. The Hall–Kier alpha value is -3.50. The predicted octanol–water partition coefficient (Wildman–Crippen LogP) is 2.33. The fourth-order valence-corrected chi connectivity index (χ4v) is 3.75. The van der Waals surface area contributed by atoms with Gasteiger partial charge < -0.3 is 32.1 Å². The first-order valence-corrected chi connectivity index (χ1v) is 11.5. The van der Waals surface area contributed by atoms with E-state index in [9.17, 15) is 19.5 Å². The molecule has 0 fully saturated rings. The van der Waals surface area contributed by atoms with E-state index in [1.165, 1.54) is 4.90 Å². The molecule has 0 spiro atoms. The van der Waals surface area contributed by atoms with Crippen molar-refractivity contribution >= 4 is 47.1 Å². The second-order valence-corrected chi connectivity index (χ2v) is 8.56. The molecule has 0 aliphatic rings. The number of nitrogens with one attached hydrogen (secondary N) is 2. The summed E-state index contributed by atoms with van der Waals surface area (Å²) in [6, 6.07) is 12.4. The van der Waals surface area contributed by atoms with Gasteiger partial charge in [0.15, 0.2) is 5.96 Å². The van der Waals surface area contributed by atoms with Gasteiger partial charge >= 0.3 is 12.0 Å². The van der Waals surface area contributed by atoms with Crippen molar-refractivity contribution in [1.29, 1.82) is 0 Å². The van der Waals surface area contributed by atoms with E-state index in [0.717, 1.165) is 5.56 Å². The van der Waals surface area contributed by atoms with Crippen LogP contribution in [0.1, 0.15) is 24.0 Å². The smallest absolute Gasteiger partial charge is 0.326 e. The number of amides is 3. The molecule has 1 atom stereocenters. The maximum absolute atomic E-state index is 12.9. The molecule has 0 saturated heterocycles. The number of nitrogens with zero attached hydrogens (tertiary/aromatic N) is 2. The molecule has 0 bridgehead atoms. The summed E-state index contributed by atoms with van der Waals surface area (Å²) in [5.74, 6) is -1.94. The van der Waals surface area contributed by atoms with Crippen molar-refractivity contribution in [2.75, 3.05) is 13.1 Å². The van der Waals surface area contributed by atoms with Crippen LogP contribution in [0.5, 0.6) is 0 Å². The summed E-state index contributed by atoms with van der Waals surface area (Å²) in [7, 11) is 0. The van der Waals surface area contributed by atoms with Crippen LogP contribution in [0.25, 0.3) is 0 Å². The Morgan fingerprint density at radius 1 is 1.03 bits per heavy atom. The molecule has 2 aromatic rings. The number of hydrogen-bond donors (Lipinski definition) is 5. The number of aliphatic carboxylic acids is 1. The summed E-state index contributed by atoms with van der Waals surface area (Å²) in [6.07, 6.45) is 0.458. The highest BCUT2D eigenvalue weighted by atomic mass is 35.5. The van der Waals surface area contributed by atoms with Crippen LogP contribution in [0.4, 0.5) is 4.79 Å². The van der Waals surface area contributed by atoms with Gasteiger partial charge in [-0.15, -0.1) is 0 Å². The van der Waals surface area contributed by atoms with Gasteiger partial charge in [0.1, 0.15) is 12.6 Å². The number of carbonyl (C=O) groups excluding carboxylic acids is 2. The first-order valence-electron chi connectivity index (χ1n) is 10.7. The number of hydrogen-bond acceptors (Lipinski definition) is 4. The third-order valence-electron chi connectivity index (χ3n) is 4.78. The molecule has 0 aliphatic carbocycles. The molecule has 10 nitrogen and oxygen atoms in total. The lowest BCUT2D eigenvalue weighted by Crippen LogP contribution is -2.48. The van der Waals surface area contributed by atoms with E-state index in [4.69, 9.17) is 34.7 Å². The Balaban J connectivity index is 2.08. The maximum Gasteiger partial charge on any atom is 0.326 e. The normalized spacial score (nSPS) is 11.3. The number of benzene rings is 2. The van der Waals surface area contributed by atoms with Crippen LogP contribution in [0.2, 0.25) is 10.0 Å². The first-order chi connectivity index (χ1) is 16.6. The van der Waals surface area contributed by atoms with Crippen LogP contribution in [0.3, 0.4) is 0 Å². The van der Waals surface area contributed by atoms with Crippen molar-refractivity contribution in [3.63, 3.8) is 0 Å². The Labute approximate surface area is 213 Å². The highest BCUT2D eigenvalue weighted by Gasteiger charge is 2.23. The van der Waals surface area contributed by atoms with Crippen LogP contribution < -0.4 is 22.1 Å². The van der Waals surface area contributed by atoms with Crippen LogP contribution >= 0.6 is 23.2 Å². The summed E-state index contributed by atoms with van der Waals surface area (Å²) in [6.45, 7) is 0.112. The van der Waals surface area contributed by atoms with Crippen molar-refractivity contribution in [3.8, 4) is 0 Å². The fourth-order valence-electron chi connectivity index (χ4n) is 3.18. The number of nitrogens with two attached hydrogens (primary N) is 2. The second-order valence-electron chi connectivity index (χ2n) is 7.69. The Bertz CT molecular complexity index is 1030. The topological polar surface area (TPSA) is 163 Å². The van der Waals surface area contributed by atoms with Crippen LogP contribution in [0, 0.1) is 0 Å². The van der Waals surface area contributed by atoms with Crippen LogP contribution in [-0.2, 0) is 22.7 Å². The standard InChI is InChI=1S/C23H28Cl2N6O4/c24-17-9-16(10-18(25)11-17)13-31(23(35)29-12-15-5-2-1-3-6-15)14-20(32)30-19(21(33)34)7-4-8-28-22(26)27/h1-3,5-6,9-11,19H,4,7-8,12-14H2,(H,29,35)(H,30,32)(H,33,34)(H4,26,27,28). The number of guanidine groups is 1. The molecule has 2 rings (SSSR count). The number of rotatable bonds is 12.